The maximum atomic E-state index is 10.7. The molecule has 0 aromatic carbocycles. The standard InChI is InChI=1S/C13H17N7O3/c1-9-6-10(17-23-9)8-18-2-4-19(5-3-18)13-15-7-11(20(21)22)12(14)16-13/h6-7H,2-5,8H2,1H3,(H2,14,15,16). The molecule has 2 aromatic rings. The fourth-order valence-electron chi connectivity index (χ4n) is 2.50. The summed E-state index contributed by atoms with van der Waals surface area (Å²) in [6.07, 6.45) is 1.15. The molecule has 0 saturated carbocycles. The van der Waals surface area contributed by atoms with E-state index in [4.69, 9.17) is 10.3 Å². The van der Waals surface area contributed by atoms with Crippen molar-refractivity contribution in [2.24, 2.45) is 0 Å². The van der Waals surface area contributed by atoms with Gasteiger partial charge >= 0.3 is 5.69 Å². The van der Waals surface area contributed by atoms with Gasteiger partial charge in [0, 0.05) is 38.8 Å². The number of nitrogen functional groups attached to an aromatic ring is 1. The van der Waals surface area contributed by atoms with Crippen molar-refractivity contribution in [3.8, 4) is 0 Å². The molecule has 1 aliphatic rings. The summed E-state index contributed by atoms with van der Waals surface area (Å²) in [4.78, 5) is 22.4. The van der Waals surface area contributed by atoms with Crippen molar-refractivity contribution in [3.05, 3.63) is 33.8 Å². The molecule has 3 rings (SSSR count). The molecule has 1 fully saturated rings. The normalized spacial score (nSPS) is 15.8. The molecule has 2 N–H and O–H groups in total. The molecule has 0 bridgehead atoms. The van der Waals surface area contributed by atoms with Gasteiger partial charge in [0.2, 0.25) is 11.8 Å². The third-order valence-corrected chi connectivity index (χ3v) is 3.70. The van der Waals surface area contributed by atoms with Crippen molar-refractivity contribution < 1.29 is 9.45 Å². The van der Waals surface area contributed by atoms with E-state index in [-0.39, 0.29) is 11.5 Å². The van der Waals surface area contributed by atoms with E-state index in [1.165, 1.54) is 0 Å². The van der Waals surface area contributed by atoms with Crippen LogP contribution in [0.15, 0.2) is 16.8 Å². The predicted molar refractivity (Wildman–Crippen MR) is 81.8 cm³/mol. The van der Waals surface area contributed by atoms with E-state index in [1.807, 2.05) is 17.9 Å². The number of anilines is 2. The lowest BCUT2D eigenvalue weighted by molar-refractivity contribution is -0.384. The fraction of sp³-hybridized carbons (Fsp3) is 0.462. The molecule has 122 valence electrons. The first-order valence-electron chi connectivity index (χ1n) is 7.19. The van der Waals surface area contributed by atoms with E-state index >= 15 is 0 Å². The first kappa shape index (κ1) is 15.2. The molecule has 0 spiro atoms. The molecule has 0 amide bonds. The maximum absolute atomic E-state index is 10.7. The van der Waals surface area contributed by atoms with Crippen LogP contribution in [0.4, 0.5) is 17.5 Å². The molecule has 10 nitrogen and oxygen atoms in total. The van der Waals surface area contributed by atoms with Crippen LogP contribution in [0.5, 0.6) is 0 Å². The summed E-state index contributed by atoms with van der Waals surface area (Å²) in [5.74, 6) is 1.11. The Kier molecular flexibility index (Phi) is 4.06. The monoisotopic (exact) mass is 319 g/mol. The Morgan fingerprint density at radius 2 is 2.13 bits per heavy atom. The predicted octanol–water partition coefficient (Wildman–Crippen LogP) is 0.586. The first-order chi connectivity index (χ1) is 11.0. The van der Waals surface area contributed by atoms with Crippen molar-refractivity contribution in [1.82, 2.24) is 20.0 Å². The molecule has 1 aliphatic heterocycles. The third kappa shape index (κ3) is 3.37. The number of nitrogens with zero attached hydrogens (tertiary/aromatic N) is 6. The number of rotatable bonds is 4. The van der Waals surface area contributed by atoms with Crippen molar-refractivity contribution in [2.75, 3.05) is 36.8 Å². The summed E-state index contributed by atoms with van der Waals surface area (Å²) in [5.41, 5.74) is 6.25. The van der Waals surface area contributed by atoms with Crippen LogP contribution in [0, 0.1) is 17.0 Å². The summed E-state index contributed by atoms with van der Waals surface area (Å²) in [6.45, 7) is 5.65. The van der Waals surface area contributed by atoms with Gasteiger partial charge in [0.15, 0.2) is 0 Å². The second-order valence-corrected chi connectivity index (χ2v) is 5.39. The zero-order chi connectivity index (χ0) is 16.4. The summed E-state index contributed by atoms with van der Waals surface area (Å²) in [6, 6.07) is 1.92. The Morgan fingerprint density at radius 3 is 2.70 bits per heavy atom. The summed E-state index contributed by atoms with van der Waals surface area (Å²) in [5, 5.41) is 14.7. The SMILES string of the molecule is Cc1cc(CN2CCN(c3ncc([N+](=O)[O-])c(N)n3)CC2)no1. The van der Waals surface area contributed by atoms with Gasteiger partial charge in [-0.1, -0.05) is 5.16 Å². The number of aromatic nitrogens is 3. The van der Waals surface area contributed by atoms with E-state index < -0.39 is 4.92 Å². The number of aryl methyl sites for hydroxylation is 1. The number of nitro groups is 1. The van der Waals surface area contributed by atoms with E-state index in [2.05, 4.69) is 20.0 Å². The molecule has 2 aromatic heterocycles. The van der Waals surface area contributed by atoms with Gasteiger partial charge in [-0.2, -0.15) is 4.98 Å². The van der Waals surface area contributed by atoms with Gasteiger partial charge in [0.1, 0.15) is 12.0 Å². The van der Waals surface area contributed by atoms with Crippen molar-refractivity contribution in [2.45, 2.75) is 13.5 Å². The number of piperazine rings is 1. The Bertz CT molecular complexity index is 709. The average Bonchev–Trinajstić information content (AvgIpc) is 2.92. The van der Waals surface area contributed by atoms with Crippen LogP contribution in [0.2, 0.25) is 0 Å². The van der Waals surface area contributed by atoms with Crippen molar-refractivity contribution >= 4 is 17.5 Å². The molecule has 3 heterocycles. The van der Waals surface area contributed by atoms with E-state index in [0.717, 1.165) is 37.3 Å². The van der Waals surface area contributed by atoms with Gasteiger partial charge in [-0.15, -0.1) is 0 Å². The summed E-state index contributed by atoms with van der Waals surface area (Å²) in [7, 11) is 0. The van der Waals surface area contributed by atoms with Crippen molar-refractivity contribution in [1.29, 1.82) is 0 Å². The Balaban J connectivity index is 1.60. The molecular weight excluding hydrogens is 302 g/mol. The van der Waals surface area contributed by atoms with Crippen LogP contribution in [-0.2, 0) is 6.54 Å². The van der Waals surface area contributed by atoms with Crippen LogP contribution in [0.3, 0.4) is 0 Å². The quantitative estimate of drug-likeness (QED) is 0.635. The van der Waals surface area contributed by atoms with Gasteiger partial charge in [-0.25, -0.2) is 4.98 Å². The van der Waals surface area contributed by atoms with E-state index in [9.17, 15) is 10.1 Å². The van der Waals surface area contributed by atoms with Gasteiger partial charge in [-0.3, -0.25) is 15.0 Å². The molecular formula is C13H17N7O3. The highest BCUT2D eigenvalue weighted by atomic mass is 16.6. The zero-order valence-electron chi connectivity index (χ0n) is 12.7. The number of hydrogen-bond acceptors (Lipinski definition) is 9. The average molecular weight is 319 g/mol. The van der Waals surface area contributed by atoms with E-state index in [0.29, 0.717) is 19.0 Å². The van der Waals surface area contributed by atoms with Crippen LogP contribution >= 0.6 is 0 Å². The molecule has 0 radical (unpaired) electrons. The number of nitrogens with two attached hydrogens (primary N) is 1. The summed E-state index contributed by atoms with van der Waals surface area (Å²) < 4.78 is 5.06. The highest BCUT2D eigenvalue weighted by molar-refractivity contribution is 5.53. The minimum absolute atomic E-state index is 0.111. The second-order valence-electron chi connectivity index (χ2n) is 5.39. The highest BCUT2D eigenvalue weighted by Crippen LogP contribution is 2.21. The van der Waals surface area contributed by atoms with Gasteiger partial charge < -0.3 is 15.2 Å². The second kappa shape index (κ2) is 6.16. The molecule has 10 heteroatoms. The lowest BCUT2D eigenvalue weighted by Gasteiger charge is -2.34. The lowest BCUT2D eigenvalue weighted by atomic mass is 10.3. The molecule has 23 heavy (non-hydrogen) atoms. The zero-order valence-corrected chi connectivity index (χ0v) is 12.7. The minimum Gasteiger partial charge on any atom is -0.378 e. The van der Waals surface area contributed by atoms with Crippen LogP contribution in [-0.4, -0.2) is 51.1 Å². The first-order valence-corrected chi connectivity index (χ1v) is 7.19. The van der Waals surface area contributed by atoms with Gasteiger partial charge in [-0.05, 0) is 6.92 Å². The van der Waals surface area contributed by atoms with Crippen molar-refractivity contribution in [3.63, 3.8) is 0 Å². The van der Waals surface area contributed by atoms with Crippen LogP contribution in [0.25, 0.3) is 0 Å². The van der Waals surface area contributed by atoms with Gasteiger partial charge in [0.25, 0.3) is 0 Å². The van der Waals surface area contributed by atoms with Crippen LogP contribution in [0.1, 0.15) is 11.5 Å². The molecule has 0 unspecified atom stereocenters. The largest absolute Gasteiger partial charge is 0.378 e. The maximum Gasteiger partial charge on any atom is 0.329 e. The Hall–Kier alpha value is -2.75. The minimum atomic E-state index is -0.586. The fourth-order valence-corrected chi connectivity index (χ4v) is 2.50. The third-order valence-electron chi connectivity index (χ3n) is 3.70. The lowest BCUT2D eigenvalue weighted by Crippen LogP contribution is -2.46. The molecule has 1 saturated heterocycles. The highest BCUT2D eigenvalue weighted by Gasteiger charge is 2.22. The van der Waals surface area contributed by atoms with E-state index in [1.54, 1.807) is 0 Å². The molecule has 0 atom stereocenters. The van der Waals surface area contributed by atoms with Gasteiger partial charge in [0.05, 0.1) is 10.6 Å². The topological polar surface area (TPSA) is 127 Å². The van der Waals surface area contributed by atoms with Crippen LogP contribution < -0.4 is 10.6 Å². The summed E-state index contributed by atoms with van der Waals surface area (Å²) >= 11 is 0. The number of hydrogen-bond donors (Lipinski definition) is 1. The Morgan fingerprint density at radius 1 is 1.39 bits per heavy atom. The molecule has 0 aliphatic carbocycles. The Labute approximate surface area is 132 Å². The smallest absolute Gasteiger partial charge is 0.329 e.